The number of fused-ring (bicyclic) bond motifs is 1. The van der Waals surface area contributed by atoms with Crippen molar-refractivity contribution < 1.29 is 40.5 Å². The molecule has 4 bridgehead atoms. The second-order valence-electron chi connectivity index (χ2n) is 7.87. The molecule has 10 heteroatoms. The summed E-state index contributed by atoms with van der Waals surface area (Å²) < 4.78 is 75.8. The summed E-state index contributed by atoms with van der Waals surface area (Å²) in [4.78, 5) is 24.7. The molecule has 5 unspecified atom stereocenters. The van der Waals surface area contributed by atoms with Crippen LogP contribution in [0.3, 0.4) is 0 Å². The van der Waals surface area contributed by atoms with Gasteiger partial charge in [0, 0.05) is 18.8 Å². The normalized spacial score (nSPS) is 35.2. The minimum atomic E-state index is -6.14. The van der Waals surface area contributed by atoms with Crippen LogP contribution in [0.15, 0.2) is 0 Å². The van der Waals surface area contributed by atoms with Gasteiger partial charge in [-0.15, -0.1) is 0 Å². The average Bonchev–Trinajstić information content (AvgIpc) is 2.68. The number of rotatable bonds is 6. The van der Waals surface area contributed by atoms with E-state index in [1.54, 1.807) is 0 Å². The first-order valence-corrected chi connectivity index (χ1v) is 10.0. The molecule has 0 spiro atoms. The maximum absolute atomic E-state index is 13.4. The molecule has 0 saturated heterocycles. The molecule has 4 saturated carbocycles. The Morgan fingerprint density at radius 1 is 1.27 bits per heavy atom. The fraction of sp³-hybridized carbons (Fsp3) is 0.875. The van der Waals surface area contributed by atoms with Gasteiger partial charge < -0.3 is 9.29 Å². The van der Waals surface area contributed by atoms with Crippen molar-refractivity contribution >= 4 is 21.9 Å². The van der Waals surface area contributed by atoms with E-state index in [4.69, 9.17) is 4.74 Å². The number of ketones is 1. The largest absolute Gasteiger partial charge is 0.743 e. The second-order valence-corrected chi connectivity index (χ2v) is 9.32. The number of carbonyl (C=O) groups is 2. The summed E-state index contributed by atoms with van der Waals surface area (Å²) in [6, 6.07) is 0. The molecule has 5 atom stereocenters. The zero-order chi connectivity index (χ0) is 19.3. The Bertz CT molecular complexity index is 709. The number of alkyl halides is 3. The first-order valence-electron chi connectivity index (χ1n) is 8.62. The number of ether oxygens (including phenoxy) is 1. The molecule has 0 aromatic heterocycles. The predicted octanol–water partition coefficient (Wildman–Crippen LogP) is 2.18. The molecule has 26 heavy (non-hydrogen) atoms. The Kier molecular flexibility index (Phi) is 4.88. The monoisotopic (exact) mass is 397 g/mol. The number of carbonyl (C=O) groups excluding carboxylic acids is 2. The summed E-state index contributed by atoms with van der Waals surface area (Å²) in [6.07, 6.45) is -0.838. The van der Waals surface area contributed by atoms with Crippen molar-refractivity contribution in [2.75, 3.05) is 6.61 Å². The molecule has 0 amide bonds. The molecular formula is C16H20F3O6S-. The van der Waals surface area contributed by atoms with Gasteiger partial charge in [0.15, 0.2) is 16.3 Å². The molecule has 0 aromatic carbocycles. The maximum atomic E-state index is 13.4. The van der Waals surface area contributed by atoms with Crippen LogP contribution in [0.5, 0.6) is 0 Å². The lowest BCUT2D eigenvalue weighted by Gasteiger charge is -2.45. The highest BCUT2D eigenvalue weighted by molar-refractivity contribution is 7.86. The van der Waals surface area contributed by atoms with Crippen molar-refractivity contribution in [1.29, 1.82) is 0 Å². The van der Waals surface area contributed by atoms with E-state index in [-0.39, 0.29) is 23.5 Å². The van der Waals surface area contributed by atoms with Crippen LogP contribution < -0.4 is 0 Å². The van der Waals surface area contributed by atoms with Gasteiger partial charge in [-0.2, -0.15) is 8.78 Å². The van der Waals surface area contributed by atoms with Crippen LogP contribution in [0.1, 0.15) is 44.9 Å². The van der Waals surface area contributed by atoms with Crippen LogP contribution in [-0.4, -0.2) is 42.8 Å². The van der Waals surface area contributed by atoms with E-state index in [9.17, 15) is 35.7 Å². The first kappa shape index (κ1) is 19.6. The van der Waals surface area contributed by atoms with E-state index in [0.29, 0.717) is 25.7 Å². The molecule has 0 heterocycles. The molecule has 6 nitrogen and oxygen atoms in total. The van der Waals surface area contributed by atoms with E-state index in [0.717, 1.165) is 12.8 Å². The van der Waals surface area contributed by atoms with Crippen LogP contribution >= 0.6 is 0 Å². The molecular weight excluding hydrogens is 377 g/mol. The Balaban J connectivity index is 1.61. The third kappa shape index (κ3) is 3.37. The molecule has 4 fully saturated rings. The van der Waals surface area contributed by atoms with Crippen LogP contribution in [0.25, 0.3) is 0 Å². The van der Waals surface area contributed by atoms with E-state index in [1.807, 2.05) is 0 Å². The lowest BCUT2D eigenvalue weighted by atomic mass is 9.58. The second kappa shape index (κ2) is 6.47. The third-order valence-corrected chi connectivity index (χ3v) is 6.88. The molecule has 0 N–H and O–H groups in total. The van der Waals surface area contributed by atoms with E-state index in [1.165, 1.54) is 0 Å². The lowest BCUT2D eigenvalue weighted by molar-refractivity contribution is -0.165. The molecule has 4 aliphatic rings. The Morgan fingerprint density at radius 2 is 1.92 bits per heavy atom. The van der Waals surface area contributed by atoms with Gasteiger partial charge in [-0.3, -0.25) is 9.59 Å². The molecule has 0 aliphatic heterocycles. The van der Waals surface area contributed by atoms with Crippen molar-refractivity contribution in [1.82, 2.24) is 0 Å². The minimum Gasteiger partial charge on any atom is -0.743 e. The lowest BCUT2D eigenvalue weighted by Crippen LogP contribution is -2.45. The quantitative estimate of drug-likeness (QED) is 0.503. The zero-order valence-electron chi connectivity index (χ0n) is 14.0. The van der Waals surface area contributed by atoms with Crippen LogP contribution in [0.2, 0.25) is 0 Å². The SMILES string of the molecule is O=C1CC2CC3CC1CC(C(=O)OCCC(F)C(F)(F)S(=O)(=O)[O-])(C2)C3. The Morgan fingerprint density at radius 3 is 2.58 bits per heavy atom. The molecule has 148 valence electrons. The van der Waals surface area contributed by atoms with Gasteiger partial charge in [0.05, 0.1) is 12.0 Å². The maximum Gasteiger partial charge on any atom is 0.364 e. The Labute approximate surface area is 149 Å². The zero-order valence-corrected chi connectivity index (χ0v) is 14.8. The summed E-state index contributed by atoms with van der Waals surface area (Å²) in [5.74, 6) is -0.346. The van der Waals surface area contributed by atoms with Crippen molar-refractivity contribution in [2.24, 2.45) is 23.2 Å². The van der Waals surface area contributed by atoms with Gasteiger partial charge in [-0.1, -0.05) is 0 Å². The van der Waals surface area contributed by atoms with E-state index in [2.05, 4.69) is 0 Å². The summed E-state index contributed by atoms with van der Waals surface area (Å²) in [5.41, 5.74) is -0.846. The fourth-order valence-corrected chi connectivity index (χ4v) is 5.40. The van der Waals surface area contributed by atoms with Crippen molar-refractivity contribution in [2.45, 2.75) is 56.4 Å². The summed E-state index contributed by atoms with van der Waals surface area (Å²) in [7, 11) is -6.14. The van der Waals surface area contributed by atoms with Gasteiger partial charge >= 0.3 is 11.2 Å². The predicted molar refractivity (Wildman–Crippen MR) is 80.7 cm³/mol. The number of esters is 1. The van der Waals surface area contributed by atoms with Crippen LogP contribution in [0, 0.1) is 23.2 Å². The van der Waals surface area contributed by atoms with E-state index < -0.39 is 46.0 Å². The first-order chi connectivity index (χ1) is 11.9. The molecule has 4 rings (SSSR count). The number of hydrogen-bond acceptors (Lipinski definition) is 6. The number of halogens is 3. The standard InChI is InChI=1S/C16H21F3O6S/c17-13(16(18,19)26(22,23)24)1-2-25-14(21)15-6-9-3-10(7-15)5-12(20)11(4-9)8-15/h9-11,13H,1-8H2,(H,22,23,24)/p-1. The van der Waals surface area contributed by atoms with Gasteiger partial charge in [0.2, 0.25) is 0 Å². The molecule has 4 aliphatic carbocycles. The van der Waals surface area contributed by atoms with Gasteiger partial charge in [0.25, 0.3) is 0 Å². The number of Topliss-reactive ketones (excluding diaryl/α,β-unsaturated/α-hetero) is 1. The highest BCUT2D eigenvalue weighted by atomic mass is 32.2. The topological polar surface area (TPSA) is 101 Å². The molecule has 0 aromatic rings. The summed E-state index contributed by atoms with van der Waals surface area (Å²) in [5, 5.41) is -5.07. The fourth-order valence-electron chi connectivity index (χ4n) is 4.96. The average molecular weight is 397 g/mol. The summed E-state index contributed by atoms with van der Waals surface area (Å²) >= 11 is 0. The molecule has 0 radical (unpaired) electrons. The van der Waals surface area contributed by atoms with Crippen molar-refractivity contribution in [3.63, 3.8) is 0 Å². The van der Waals surface area contributed by atoms with Crippen molar-refractivity contribution in [3.8, 4) is 0 Å². The van der Waals surface area contributed by atoms with Crippen LogP contribution in [-0.2, 0) is 24.4 Å². The smallest absolute Gasteiger partial charge is 0.364 e. The highest BCUT2D eigenvalue weighted by Gasteiger charge is 2.55. The van der Waals surface area contributed by atoms with Crippen LogP contribution in [0.4, 0.5) is 13.2 Å². The summed E-state index contributed by atoms with van der Waals surface area (Å²) in [6.45, 7) is -0.749. The van der Waals surface area contributed by atoms with Gasteiger partial charge in [-0.25, -0.2) is 12.8 Å². The third-order valence-electron chi connectivity index (χ3n) is 5.96. The van der Waals surface area contributed by atoms with Gasteiger partial charge in [0.1, 0.15) is 5.78 Å². The van der Waals surface area contributed by atoms with Crippen molar-refractivity contribution in [3.05, 3.63) is 0 Å². The Hall–Kier alpha value is -1.16. The number of hydrogen-bond donors (Lipinski definition) is 0. The minimum absolute atomic E-state index is 0.102. The van der Waals surface area contributed by atoms with Gasteiger partial charge in [-0.05, 0) is 43.9 Å². The van der Waals surface area contributed by atoms with E-state index >= 15 is 0 Å². The highest BCUT2D eigenvalue weighted by Crippen LogP contribution is 2.57.